The molecule has 0 aliphatic rings. The molecule has 5 heteroatoms. The smallest absolute Gasteiger partial charge is 0.235 e. The van der Waals surface area contributed by atoms with Crippen LogP contribution in [0.5, 0.6) is 5.75 Å². The average molecular weight is 271 g/mol. The number of sulfonamides is 1. The summed E-state index contributed by atoms with van der Waals surface area (Å²) in [6.45, 7) is 5.97. The first-order valence-corrected chi connectivity index (χ1v) is 7.83. The molecule has 0 unspecified atom stereocenters. The van der Waals surface area contributed by atoms with Crippen LogP contribution in [0.3, 0.4) is 0 Å². The third kappa shape index (κ3) is 3.38. The molecule has 0 aliphatic heterocycles. The second-order valence-corrected chi connectivity index (χ2v) is 6.32. The van der Waals surface area contributed by atoms with Crippen molar-refractivity contribution in [3.63, 3.8) is 0 Å². The second-order valence-electron chi connectivity index (χ2n) is 4.31. The lowest BCUT2D eigenvalue weighted by atomic mass is 10.2. The van der Waals surface area contributed by atoms with E-state index in [2.05, 4.69) is 0 Å². The molecule has 18 heavy (non-hydrogen) atoms. The first-order valence-electron chi connectivity index (χ1n) is 6.22. The van der Waals surface area contributed by atoms with Gasteiger partial charge in [-0.1, -0.05) is 19.4 Å². The molecule has 0 saturated heterocycles. The standard InChI is InChI=1S/C13H21NO3S/c1-4-6-9-18(16,17)14(5-2)13-10-12(15)8-7-11(13)3/h7-8,10,15H,4-6,9H2,1-3H3. The van der Waals surface area contributed by atoms with Crippen molar-refractivity contribution >= 4 is 15.7 Å². The summed E-state index contributed by atoms with van der Waals surface area (Å²) in [5.74, 6) is 0.228. The highest BCUT2D eigenvalue weighted by atomic mass is 32.2. The van der Waals surface area contributed by atoms with Crippen molar-refractivity contribution < 1.29 is 13.5 Å². The summed E-state index contributed by atoms with van der Waals surface area (Å²) in [7, 11) is -3.30. The molecule has 0 radical (unpaired) electrons. The van der Waals surface area contributed by atoms with E-state index in [0.717, 1.165) is 12.0 Å². The molecule has 0 fully saturated rings. The number of aromatic hydroxyl groups is 1. The monoisotopic (exact) mass is 271 g/mol. The second kappa shape index (κ2) is 6.09. The van der Waals surface area contributed by atoms with Gasteiger partial charge >= 0.3 is 0 Å². The number of hydrogen-bond donors (Lipinski definition) is 1. The van der Waals surface area contributed by atoms with E-state index in [1.807, 2.05) is 13.8 Å². The number of benzene rings is 1. The fourth-order valence-electron chi connectivity index (χ4n) is 1.82. The molecule has 0 spiro atoms. The third-order valence-corrected chi connectivity index (χ3v) is 4.77. The molecular weight excluding hydrogens is 250 g/mol. The van der Waals surface area contributed by atoms with E-state index >= 15 is 0 Å². The van der Waals surface area contributed by atoms with E-state index in [0.29, 0.717) is 18.7 Å². The quantitative estimate of drug-likeness (QED) is 0.865. The lowest BCUT2D eigenvalue weighted by molar-refractivity contribution is 0.475. The van der Waals surface area contributed by atoms with Crippen LogP contribution in [0.1, 0.15) is 32.3 Å². The van der Waals surface area contributed by atoms with Gasteiger partial charge in [0.05, 0.1) is 11.4 Å². The van der Waals surface area contributed by atoms with Crippen LogP contribution < -0.4 is 4.31 Å². The number of phenolic OH excluding ortho intramolecular Hbond substituents is 1. The maximum absolute atomic E-state index is 12.2. The first kappa shape index (κ1) is 14.8. The Morgan fingerprint density at radius 3 is 2.50 bits per heavy atom. The maximum atomic E-state index is 12.2. The zero-order valence-corrected chi connectivity index (χ0v) is 12.0. The van der Waals surface area contributed by atoms with Crippen molar-refractivity contribution in [1.29, 1.82) is 0 Å². The number of aryl methyl sites for hydroxylation is 1. The summed E-state index contributed by atoms with van der Waals surface area (Å²) in [6, 6.07) is 4.79. The zero-order valence-electron chi connectivity index (χ0n) is 11.2. The van der Waals surface area contributed by atoms with Gasteiger partial charge in [0.1, 0.15) is 5.75 Å². The predicted molar refractivity (Wildman–Crippen MR) is 74.6 cm³/mol. The van der Waals surface area contributed by atoms with Crippen LogP contribution in [0.4, 0.5) is 5.69 Å². The summed E-state index contributed by atoms with van der Waals surface area (Å²) >= 11 is 0. The third-order valence-electron chi connectivity index (χ3n) is 2.84. The van der Waals surface area contributed by atoms with Crippen molar-refractivity contribution in [2.75, 3.05) is 16.6 Å². The summed E-state index contributed by atoms with van der Waals surface area (Å²) < 4.78 is 25.8. The van der Waals surface area contributed by atoms with Gasteiger partial charge < -0.3 is 5.11 Å². The molecule has 1 rings (SSSR count). The molecule has 102 valence electrons. The number of phenols is 1. The van der Waals surface area contributed by atoms with Gasteiger partial charge in [0.15, 0.2) is 0 Å². The van der Waals surface area contributed by atoms with Crippen LogP contribution in [-0.2, 0) is 10.0 Å². The van der Waals surface area contributed by atoms with E-state index < -0.39 is 10.0 Å². The summed E-state index contributed by atoms with van der Waals surface area (Å²) in [5, 5.41) is 9.50. The highest BCUT2D eigenvalue weighted by molar-refractivity contribution is 7.92. The van der Waals surface area contributed by atoms with Gasteiger partial charge in [-0.25, -0.2) is 8.42 Å². The van der Waals surface area contributed by atoms with Gasteiger partial charge in [-0.2, -0.15) is 0 Å². The molecule has 0 aromatic heterocycles. The van der Waals surface area contributed by atoms with Crippen LogP contribution in [0.25, 0.3) is 0 Å². The van der Waals surface area contributed by atoms with E-state index in [4.69, 9.17) is 0 Å². The van der Waals surface area contributed by atoms with Crippen molar-refractivity contribution in [3.05, 3.63) is 23.8 Å². The number of unbranched alkanes of at least 4 members (excludes halogenated alkanes) is 1. The van der Waals surface area contributed by atoms with Crippen molar-refractivity contribution in [3.8, 4) is 5.75 Å². The van der Waals surface area contributed by atoms with E-state index in [9.17, 15) is 13.5 Å². The first-order chi connectivity index (χ1) is 8.42. The van der Waals surface area contributed by atoms with Crippen LogP contribution in [0.15, 0.2) is 18.2 Å². The largest absolute Gasteiger partial charge is 0.508 e. The number of rotatable bonds is 6. The molecule has 0 bridgehead atoms. The molecule has 0 saturated carbocycles. The predicted octanol–water partition coefficient (Wildman–Crippen LogP) is 2.66. The highest BCUT2D eigenvalue weighted by Crippen LogP contribution is 2.27. The summed E-state index contributed by atoms with van der Waals surface area (Å²) in [6.07, 6.45) is 1.49. The number of nitrogens with zero attached hydrogens (tertiary/aromatic N) is 1. The molecular formula is C13H21NO3S. The molecule has 1 aromatic rings. The minimum atomic E-state index is -3.30. The Morgan fingerprint density at radius 1 is 1.28 bits per heavy atom. The fourth-order valence-corrected chi connectivity index (χ4v) is 3.58. The van der Waals surface area contributed by atoms with Crippen LogP contribution in [0, 0.1) is 6.92 Å². The van der Waals surface area contributed by atoms with Crippen molar-refractivity contribution in [1.82, 2.24) is 0 Å². The molecule has 1 N–H and O–H groups in total. The molecule has 4 nitrogen and oxygen atoms in total. The van der Waals surface area contributed by atoms with E-state index in [1.165, 1.54) is 10.4 Å². The Bertz CT molecular complexity index is 497. The normalized spacial score (nSPS) is 11.5. The lowest BCUT2D eigenvalue weighted by Gasteiger charge is -2.24. The van der Waals surface area contributed by atoms with Gasteiger partial charge in [-0.3, -0.25) is 4.31 Å². The lowest BCUT2D eigenvalue weighted by Crippen LogP contribution is -2.33. The van der Waals surface area contributed by atoms with Gasteiger partial charge in [-0.05, 0) is 31.9 Å². The summed E-state index contributed by atoms with van der Waals surface area (Å²) in [4.78, 5) is 0. The van der Waals surface area contributed by atoms with Gasteiger partial charge in [-0.15, -0.1) is 0 Å². The van der Waals surface area contributed by atoms with E-state index in [-0.39, 0.29) is 11.5 Å². The zero-order chi connectivity index (χ0) is 13.8. The number of anilines is 1. The Kier molecular flexibility index (Phi) is 5.02. The number of hydrogen-bond acceptors (Lipinski definition) is 3. The minimum Gasteiger partial charge on any atom is -0.508 e. The Hall–Kier alpha value is -1.23. The molecule has 0 atom stereocenters. The molecule has 0 heterocycles. The highest BCUT2D eigenvalue weighted by Gasteiger charge is 2.21. The summed E-state index contributed by atoms with van der Waals surface area (Å²) in [5.41, 5.74) is 1.41. The van der Waals surface area contributed by atoms with Gasteiger partial charge in [0.2, 0.25) is 10.0 Å². The van der Waals surface area contributed by atoms with E-state index in [1.54, 1.807) is 19.1 Å². The topological polar surface area (TPSA) is 57.6 Å². The Balaban J connectivity index is 3.13. The SMILES string of the molecule is CCCCS(=O)(=O)N(CC)c1cc(O)ccc1C. The van der Waals surface area contributed by atoms with Crippen molar-refractivity contribution in [2.45, 2.75) is 33.6 Å². The minimum absolute atomic E-state index is 0.0831. The molecule has 0 amide bonds. The van der Waals surface area contributed by atoms with Gasteiger partial charge in [0.25, 0.3) is 0 Å². The average Bonchev–Trinajstić information content (AvgIpc) is 2.31. The molecule has 0 aliphatic carbocycles. The van der Waals surface area contributed by atoms with Crippen LogP contribution in [0.2, 0.25) is 0 Å². The Morgan fingerprint density at radius 2 is 1.94 bits per heavy atom. The van der Waals surface area contributed by atoms with Crippen LogP contribution in [-0.4, -0.2) is 25.8 Å². The van der Waals surface area contributed by atoms with Crippen LogP contribution >= 0.6 is 0 Å². The van der Waals surface area contributed by atoms with Gasteiger partial charge in [0, 0.05) is 12.6 Å². The molecule has 1 aromatic carbocycles. The van der Waals surface area contributed by atoms with Crippen molar-refractivity contribution in [2.24, 2.45) is 0 Å². The Labute approximate surface area is 109 Å². The maximum Gasteiger partial charge on any atom is 0.235 e. The fraction of sp³-hybridized carbons (Fsp3) is 0.538.